The van der Waals surface area contributed by atoms with Crippen LogP contribution < -0.4 is 10.5 Å². The Bertz CT molecular complexity index is 2000. The van der Waals surface area contributed by atoms with Gasteiger partial charge in [0.25, 0.3) is 0 Å². The Labute approximate surface area is 278 Å². The van der Waals surface area contributed by atoms with Gasteiger partial charge >= 0.3 is 0 Å². The molecule has 4 aromatic rings. The Morgan fingerprint density at radius 2 is 1.69 bits per heavy atom. The third kappa shape index (κ3) is 5.40. The summed E-state index contributed by atoms with van der Waals surface area (Å²) in [4.78, 5) is 26.4. The molecule has 49 heavy (non-hydrogen) atoms. The van der Waals surface area contributed by atoms with Crippen LogP contribution >= 0.6 is 0 Å². The highest BCUT2D eigenvalue weighted by Crippen LogP contribution is 2.58. The first-order valence-corrected chi connectivity index (χ1v) is 15.3. The standard InChI is InChI=1S/C34H35N3O12/c1-13-27(40)19(35)9-22(48-13)49-20-11-34(46,21(39)12-38)10-18-23(20)31(44)26-25(30(18)43)29(42)16-7-8-17(33(47-2)24(16)32(26)45)28(41)14-3-5-15(37-36)6-4-14/h3-8,13,19-20,22,27,36,38,40,42-46H,9-12,35H2,1-2H3/t13-,19-,20-,22-,27+,34-/m0/s1. The SMILES string of the molecule is COc1c(C(=O)c2ccc(N=N)cc2)ccc2c(O)c3c(O)c4c(c(O)c3c(O)c12)[C@@H](O[C@H]1C[C@H](N)[C@H](O)[C@H](C)O1)C[C@](O)(C(=O)CO)C4. The molecule has 0 unspecified atom stereocenters. The van der Waals surface area contributed by atoms with Crippen LogP contribution in [0.1, 0.15) is 52.9 Å². The molecule has 0 amide bonds. The molecular formula is C34H35N3O12. The number of carbonyl (C=O) groups excluding carboxylic acids is 2. The first kappa shape index (κ1) is 34.0. The topological polar surface area (TPSA) is 266 Å². The van der Waals surface area contributed by atoms with E-state index < -0.39 is 101 Å². The predicted molar refractivity (Wildman–Crippen MR) is 171 cm³/mol. The van der Waals surface area contributed by atoms with Crippen molar-refractivity contribution in [1.82, 2.24) is 0 Å². The van der Waals surface area contributed by atoms with Crippen LogP contribution in [0.25, 0.3) is 21.5 Å². The molecule has 1 aliphatic heterocycles. The second-order valence-corrected chi connectivity index (χ2v) is 12.4. The van der Waals surface area contributed by atoms with E-state index in [1.807, 2.05) is 0 Å². The van der Waals surface area contributed by atoms with Crippen molar-refractivity contribution in [2.45, 2.75) is 62.4 Å². The van der Waals surface area contributed by atoms with Gasteiger partial charge in [-0.1, -0.05) is 0 Å². The van der Waals surface area contributed by atoms with E-state index in [1.54, 1.807) is 6.92 Å². The number of aliphatic hydroxyl groups is 3. The van der Waals surface area contributed by atoms with E-state index in [2.05, 4.69) is 5.11 Å². The smallest absolute Gasteiger partial charge is 0.196 e. The number of Topliss-reactive ketones (excluding diaryl/α,β-unsaturated/α-hetero) is 1. The maximum atomic E-state index is 13.6. The lowest BCUT2D eigenvalue weighted by Gasteiger charge is -2.41. The van der Waals surface area contributed by atoms with Crippen LogP contribution in [0.3, 0.4) is 0 Å². The minimum absolute atomic E-state index is 0.0165. The molecule has 6 rings (SSSR count). The van der Waals surface area contributed by atoms with Gasteiger partial charge in [-0.05, 0) is 43.3 Å². The average molecular weight is 678 g/mol. The summed E-state index contributed by atoms with van der Waals surface area (Å²) in [5.74, 6) is -4.35. The number of nitrogens with two attached hydrogens (primary N) is 1. The number of nitrogens with one attached hydrogen (secondary N) is 1. The third-order valence-corrected chi connectivity index (χ3v) is 9.46. The van der Waals surface area contributed by atoms with Crippen molar-refractivity contribution in [2.24, 2.45) is 10.8 Å². The molecule has 4 aromatic carbocycles. The number of nitrogens with zero attached hydrogens (tertiary/aromatic N) is 1. The number of ketones is 2. The fourth-order valence-electron chi connectivity index (χ4n) is 6.89. The van der Waals surface area contributed by atoms with Crippen LogP contribution in [0.5, 0.6) is 28.7 Å². The van der Waals surface area contributed by atoms with Gasteiger partial charge in [-0.3, -0.25) is 9.59 Å². The van der Waals surface area contributed by atoms with E-state index in [4.69, 9.17) is 25.5 Å². The van der Waals surface area contributed by atoms with Crippen molar-refractivity contribution in [1.29, 1.82) is 5.53 Å². The van der Waals surface area contributed by atoms with Crippen molar-refractivity contribution in [3.63, 3.8) is 0 Å². The van der Waals surface area contributed by atoms with E-state index in [9.17, 15) is 45.3 Å². The summed E-state index contributed by atoms with van der Waals surface area (Å²) in [6.45, 7) is 0.520. The largest absolute Gasteiger partial charge is 0.507 e. The van der Waals surface area contributed by atoms with E-state index in [1.165, 1.54) is 43.5 Å². The van der Waals surface area contributed by atoms with Crippen molar-refractivity contribution in [2.75, 3.05) is 13.7 Å². The first-order chi connectivity index (χ1) is 23.3. The number of aliphatic hydroxyl groups excluding tert-OH is 2. The lowest BCUT2D eigenvalue weighted by Crippen LogP contribution is -2.52. The van der Waals surface area contributed by atoms with Gasteiger partial charge in [-0.15, -0.1) is 0 Å². The number of ether oxygens (including phenoxy) is 3. The molecule has 15 nitrogen and oxygen atoms in total. The Morgan fingerprint density at radius 3 is 2.31 bits per heavy atom. The molecule has 10 N–H and O–H groups in total. The van der Waals surface area contributed by atoms with Gasteiger partial charge in [-0.25, -0.2) is 5.53 Å². The van der Waals surface area contributed by atoms with Gasteiger partial charge in [0, 0.05) is 47.4 Å². The molecule has 6 atom stereocenters. The number of benzene rings is 4. The van der Waals surface area contributed by atoms with Crippen LogP contribution in [0, 0.1) is 5.53 Å². The Morgan fingerprint density at radius 1 is 1.02 bits per heavy atom. The lowest BCUT2D eigenvalue weighted by molar-refractivity contribution is -0.247. The number of aromatic hydroxyl groups is 4. The highest BCUT2D eigenvalue weighted by molar-refractivity contribution is 6.21. The molecule has 0 spiro atoms. The van der Waals surface area contributed by atoms with Crippen molar-refractivity contribution < 1.29 is 59.5 Å². The van der Waals surface area contributed by atoms with Crippen LogP contribution in [0.2, 0.25) is 0 Å². The number of rotatable bonds is 8. The second-order valence-electron chi connectivity index (χ2n) is 12.4. The summed E-state index contributed by atoms with van der Waals surface area (Å²) in [6.07, 6.45) is -5.41. The third-order valence-electron chi connectivity index (χ3n) is 9.46. The number of phenols is 4. The molecule has 0 bridgehead atoms. The number of hydrogen-bond donors (Lipinski definition) is 9. The predicted octanol–water partition coefficient (Wildman–Crippen LogP) is 2.84. The molecule has 1 saturated heterocycles. The minimum atomic E-state index is -2.29. The van der Waals surface area contributed by atoms with E-state index in [-0.39, 0.29) is 45.2 Å². The van der Waals surface area contributed by atoms with Crippen LogP contribution in [-0.4, -0.2) is 91.2 Å². The monoisotopic (exact) mass is 677 g/mol. The van der Waals surface area contributed by atoms with Crippen molar-refractivity contribution >= 4 is 38.8 Å². The molecular weight excluding hydrogens is 642 g/mol. The summed E-state index contributed by atoms with van der Waals surface area (Å²) in [5.41, 5.74) is 11.1. The molecule has 1 heterocycles. The summed E-state index contributed by atoms with van der Waals surface area (Å²) in [7, 11) is 1.24. The van der Waals surface area contributed by atoms with E-state index in [0.717, 1.165) is 0 Å². The number of methoxy groups -OCH3 is 1. The normalized spacial score (nSPS) is 25.2. The summed E-state index contributed by atoms with van der Waals surface area (Å²) in [6, 6.07) is 7.76. The molecule has 15 heteroatoms. The number of carbonyl (C=O) groups is 2. The van der Waals surface area contributed by atoms with E-state index in [0.29, 0.717) is 5.69 Å². The van der Waals surface area contributed by atoms with Gasteiger partial charge in [0.2, 0.25) is 0 Å². The summed E-state index contributed by atoms with van der Waals surface area (Å²) >= 11 is 0. The Kier molecular flexibility index (Phi) is 8.69. The quantitative estimate of drug-likeness (QED) is 0.0563. The summed E-state index contributed by atoms with van der Waals surface area (Å²) < 4.78 is 17.5. The second kappa shape index (κ2) is 12.5. The maximum Gasteiger partial charge on any atom is 0.196 e. The maximum absolute atomic E-state index is 13.6. The Balaban J connectivity index is 1.58. The van der Waals surface area contributed by atoms with Gasteiger partial charge in [-0.2, -0.15) is 5.11 Å². The van der Waals surface area contributed by atoms with Gasteiger partial charge < -0.3 is 55.7 Å². The van der Waals surface area contributed by atoms with Gasteiger partial charge in [0.1, 0.15) is 41.0 Å². The fourth-order valence-corrected chi connectivity index (χ4v) is 6.89. The van der Waals surface area contributed by atoms with Crippen LogP contribution in [0.4, 0.5) is 5.69 Å². The minimum Gasteiger partial charge on any atom is -0.507 e. The highest BCUT2D eigenvalue weighted by atomic mass is 16.7. The lowest BCUT2D eigenvalue weighted by atomic mass is 9.74. The molecule has 1 fully saturated rings. The number of phenolic OH excluding ortho intramolecular Hbond substituents is 4. The van der Waals surface area contributed by atoms with Crippen molar-refractivity contribution in [3.8, 4) is 28.7 Å². The zero-order valence-electron chi connectivity index (χ0n) is 26.4. The molecule has 1 aliphatic carbocycles. The Hall–Kier alpha value is -4.90. The van der Waals surface area contributed by atoms with E-state index >= 15 is 0 Å². The highest BCUT2D eigenvalue weighted by Gasteiger charge is 2.48. The van der Waals surface area contributed by atoms with Crippen LogP contribution in [-0.2, 0) is 20.7 Å². The van der Waals surface area contributed by atoms with Gasteiger partial charge in [0.15, 0.2) is 17.9 Å². The first-order valence-electron chi connectivity index (χ1n) is 15.3. The van der Waals surface area contributed by atoms with Crippen LogP contribution in [0.15, 0.2) is 41.5 Å². The van der Waals surface area contributed by atoms with Gasteiger partial charge in [0.05, 0.1) is 52.8 Å². The molecule has 0 radical (unpaired) electrons. The molecule has 0 saturated carbocycles. The molecule has 0 aromatic heterocycles. The summed E-state index contributed by atoms with van der Waals surface area (Å²) in [5, 5.41) is 80.4. The molecule has 258 valence electrons. The fraction of sp³-hybridized carbons (Fsp3) is 0.353. The zero-order valence-corrected chi connectivity index (χ0v) is 26.4. The molecule has 2 aliphatic rings. The number of fused-ring (bicyclic) bond motifs is 3. The average Bonchev–Trinajstić information content (AvgIpc) is 3.09. The zero-order chi connectivity index (χ0) is 35.5. The number of hydrogen-bond acceptors (Lipinski definition) is 15. The van der Waals surface area contributed by atoms with Crippen molar-refractivity contribution in [3.05, 3.63) is 58.7 Å².